The first kappa shape index (κ1) is 86.8. The van der Waals surface area contributed by atoms with Crippen LogP contribution in [0.3, 0.4) is 0 Å². The fourth-order valence-electron chi connectivity index (χ4n) is 11.6. The summed E-state index contributed by atoms with van der Waals surface area (Å²) < 4.78 is 38.1. The van der Waals surface area contributed by atoms with Crippen LogP contribution in [0.1, 0.15) is 129 Å². The van der Waals surface area contributed by atoms with Crippen LogP contribution in [-0.4, -0.2) is 312 Å². The van der Waals surface area contributed by atoms with Crippen LogP contribution in [0.2, 0.25) is 0 Å². The number of nitrogens with one attached hydrogen (secondary N) is 9. The molecule has 1 atom stereocenters. The molecule has 2 aliphatic heterocycles. The smallest absolute Gasteiger partial charge is 0.407 e. The molecule has 4 aromatic carbocycles. The van der Waals surface area contributed by atoms with Crippen molar-refractivity contribution >= 4 is 53.4 Å². The monoisotopic (exact) mass is 1500 g/mol. The number of aromatic hydroxyl groups is 3. The summed E-state index contributed by atoms with van der Waals surface area (Å²) in [4.78, 5) is 132. The molecule has 8 bridgehead atoms. The molecule has 0 radical (unpaired) electrons. The van der Waals surface area contributed by atoms with Crippen LogP contribution in [0.4, 0.5) is 4.79 Å². The number of hydrogen-bond donors (Lipinski definition) is 12. The summed E-state index contributed by atoms with van der Waals surface area (Å²) in [5.41, 5.74) is -1.02. The lowest BCUT2D eigenvalue weighted by atomic mass is 9.97. The van der Waals surface area contributed by atoms with Crippen molar-refractivity contribution in [2.24, 2.45) is 5.92 Å². The number of phenolic OH excluding ortho intramolecular Hbond substituents is 3. The number of carbonyl (C=O) groups excluding carboxylic acids is 9. The Balaban J connectivity index is 1.25. The van der Waals surface area contributed by atoms with Crippen molar-refractivity contribution in [2.45, 2.75) is 52.1 Å². The third-order valence-electron chi connectivity index (χ3n) is 17.5. The molecule has 32 nitrogen and oxygen atoms in total. The van der Waals surface area contributed by atoms with Crippen molar-refractivity contribution in [3.63, 3.8) is 0 Å². The average Bonchev–Trinajstić information content (AvgIpc) is 0.844. The minimum absolute atomic E-state index is 0.0284. The molecule has 32 heteroatoms. The number of hydrogen-bond acceptors (Lipinski definition) is 23. The Morgan fingerprint density at radius 1 is 0.411 bits per heavy atom. The van der Waals surface area contributed by atoms with Crippen molar-refractivity contribution in [1.82, 2.24) is 67.5 Å². The van der Waals surface area contributed by atoms with E-state index in [2.05, 4.69) is 52.8 Å². The van der Waals surface area contributed by atoms with Gasteiger partial charge in [0, 0.05) is 163 Å². The molecule has 590 valence electrons. The molecule has 0 aromatic heterocycles. The Morgan fingerprint density at radius 3 is 1.08 bits per heavy atom. The van der Waals surface area contributed by atoms with Gasteiger partial charge in [-0.1, -0.05) is 30.7 Å². The molecular formula is C75H111N13O19. The summed E-state index contributed by atoms with van der Waals surface area (Å²) in [6, 6.07) is 19.3. The molecule has 2 aliphatic rings. The summed E-state index contributed by atoms with van der Waals surface area (Å²) >= 11 is 0. The summed E-state index contributed by atoms with van der Waals surface area (Å²) in [5.74, 6) is -6.45. The maximum absolute atomic E-state index is 14.1. The lowest BCUT2D eigenvalue weighted by Gasteiger charge is -2.31. The van der Waals surface area contributed by atoms with Gasteiger partial charge in [-0.05, 0) is 101 Å². The van der Waals surface area contributed by atoms with Crippen LogP contribution in [0.15, 0.2) is 78.9 Å². The molecule has 2 heterocycles. The minimum atomic E-state index is -0.713. The molecule has 0 saturated carbocycles. The molecule has 1 unspecified atom stereocenters. The second kappa shape index (κ2) is 48.3. The number of nitrogens with zero attached hydrogens (tertiary/aromatic N) is 4. The van der Waals surface area contributed by atoms with Gasteiger partial charge in [-0.15, -0.1) is 0 Å². The number of methoxy groups -OCH3 is 2. The number of unbranched alkanes of at least 4 members (excludes halogenated alkanes) is 1. The fourth-order valence-corrected chi connectivity index (χ4v) is 11.6. The maximum Gasteiger partial charge on any atom is 0.407 e. The average molecular weight is 1500 g/mol. The van der Waals surface area contributed by atoms with E-state index in [1.165, 1.54) is 60.7 Å². The van der Waals surface area contributed by atoms with E-state index in [9.17, 15) is 58.5 Å². The zero-order valence-corrected chi connectivity index (χ0v) is 62.5. The van der Waals surface area contributed by atoms with Crippen LogP contribution < -0.4 is 47.9 Å². The Labute approximate surface area is 626 Å². The summed E-state index contributed by atoms with van der Waals surface area (Å²) in [6.07, 6.45) is 1.58. The zero-order chi connectivity index (χ0) is 77.2. The predicted molar refractivity (Wildman–Crippen MR) is 398 cm³/mol. The van der Waals surface area contributed by atoms with Crippen molar-refractivity contribution in [1.29, 1.82) is 0 Å². The van der Waals surface area contributed by atoms with Crippen molar-refractivity contribution in [3.05, 3.63) is 123 Å². The number of rotatable bonds is 26. The number of alkyl carbamates (subject to hydrolysis) is 1. The third-order valence-corrected chi connectivity index (χ3v) is 17.5. The lowest BCUT2D eigenvalue weighted by Crippen LogP contribution is -2.45. The predicted octanol–water partition coefficient (Wildman–Crippen LogP) is 2.04. The van der Waals surface area contributed by atoms with E-state index in [0.717, 1.165) is 0 Å². The molecule has 12 N–H and O–H groups in total. The minimum Gasteiger partial charge on any atom is -0.506 e. The Bertz CT molecular complexity index is 3470. The van der Waals surface area contributed by atoms with Gasteiger partial charge in [0.2, 0.25) is 0 Å². The standard InChI is InChI=1S/C75H111N13O19/c1-75(2,3)107-74(100)84-22-7-6-12-54-21-23-76-68(94)57-15-9-16-58(63(57)89)70(96)81-28-35-87(41-43-104-49-51-106-47-45-102-5)36-29-82-72(98)61-19-11-20-62(65(61)91)73(99)83-30-37-88(53-54)39-38-85-31-24-77-66(92)55-13-8-14-56(52-55)67(93)78-25-33-86(40-42-103-48-50-105-46-44-101-4)34-27-80-71(97)60-18-10-17-59(64(60)90)69(95)79-26-32-85/h8-11,13-20,52,54,89-91H,6-7,12,21-51,53H2,1-5H3,(H,76,94)(H,77,92)(H,78,93)(H,79,95)(H,80,97)(H,81,96)(H,82,98)(H,83,99)(H,84,100). The highest BCUT2D eigenvalue weighted by molar-refractivity contribution is 6.06. The maximum atomic E-state index is 14.1. The summed E-state index contributed by atoms with van der Waals surface area (Å²) in [7, 11) is 3.17. The van der Waals surface area contributed by atoms with Gasteiger partial charge in [0.1, 0.15) is 22.8 Å². The first-order valence-electron chi connectivity index (χ1n) is 36.6. The van der Waals surface area contributed by atoms with Crippen LogP contribution in [0.25, 0.3) is 0 Å². The van der Waals surface area contributed by atoms with Crippen LogP contribution in [-0.2, 0) is 33.2 Å². The summed E-state index contributed by atoms with van der Waals surface area (Å²) in [6.45, 7) is 13.8. The summed E-state index contributed by atoms with van der Waals surface area (Å²) in [5, 5.41) is 60.4. The fraction of sp³-hybridized carbons (Fsp3) is 0.560. The highest BCUT2D eigenvalue weighted by atomic mass is 16.6. The van der Waals surface area contributed by atoms with Gasteiger partial charge in [-0.25, -0.2) is 4.79 Å². The van der Waals surface area contributed by atoms with Gasteiger partial charge in [-0.2, -0.15) is 0 Å². The second-order valence-electron chi connectivity index (χ2n) is 26.6. The largest absolute Gasteiger partial charge is 0.506 e. The van der Waals surface area contributed by atoms with Crippen LogP contribution >= 0.6 is 0 Å². The van der Waals surface area contributed by atoms with Gasteiger partial charge in [0.25, 0.3) is 47.3 Å². The molecular weight excluding hydrogens is 1390 g/mol. The Morgan fingerprint density at radius 2 is 0.720 bits per heavy atom. The number of carbonyl (C=O) groups is 9. The highest BCUT2D eigenvalue weighted by Gasteiger charge is 2.26. The van der Waals surface area contributed by atoms with Gasteiger partial charge >= 0.3 is 6.09 Å². The van der Waals surface area contributed by atoms with E-state index in [1.54, 1.807) is 53.2 Å². The van der Waals surface area contributed by atoms with E-state index in [-0.39, 0.29) is 142 Å². The molecule has 9 amide bonds. The first-order valence-corrected chi connectivity index (χ1v) is 36.6. The normalized spacial score (nSPS) is 17.4. The van der Waals surface area contributed by atoms with Gasteiger partial charge in [0.05, 0.1) is 99.4 Å². The number of ether oxygens (including phenoxy) is 7. The van der Waals surface area contributed by atoms with Gasteiger partial charge in [-0.3, -0.25) is 53.1 Å². The first-order chi connectivity index (χ1) is 51.7. The quantitative estimate of drug-likeness (QED) is 0.0400. The molecule has 0 fully saturated rings. The van der Waals surface area contributed by atoms with Crippen LogP contribution in [0.5, 0.6) is 17.2 Å². The van der Waals surface area contributed by atoms with Crippen molar-refractivity contribution in [3.8, 4) is 17.2 Å². The SMILES string of the molecule is COCCOCCOCCN1CCNC(=O)c2cccc(c2)C(=O)NCCN(CCN2CCNC(=O)c3cccc(c3O)C(=O)NCCN(CCOCCOCCOC)CCNC(=O)c3cccc(c3O)C(=O)NCCC(CCCCNC(=O)OC(C)(C)C)C2)CCNC(=O)c2cccc(c2O)C(=O)NCC1. The number of para-hydroxylation sites is 3. The number of fused-ring (bicyclic) bond motifs is 8. The second-order valence-corrected chi connectivity index (χ2v) is 26.6. The van der Waals surface area contributed by atoms with E-state index in [1.807, 2.05) is 14.7 Å². The molecule has 0 saturated heterocycles. The number of amides is 9. The number of phenols is 3. The molecule has 6 rings (SSSR count). The van der Waals surface area contributed by atoms with Gasteiger partial charge in [0.15, 0.2) is 0 Å². The van der Waals surface area contributed by atoms with E-state index in [0.29, 0.717) is 138 Å². The molecule has 0 aliphatic carbocycles. The lowest BCUT2D eigenvalue weighted by molar-refractivity contribution is 0.0196. The van der Waals surface area contributed by atoms with Crippen molar-refractivity contribution < 1.29 is 91.6 Å². The van der Waals surface area contributed by atoms with E-state index < -0.39 is 76.2 Å². The molecule has 4 aromatic rings. The third kappa shape index (κ3) is 32.1. The topological polar surface area (TPSA) is 400 Å². The Hall–Kier alpha value is -9.09. The van der Waals surface area contributed by atoms with Crippen LogP contribution in [0, 0.1) is 5.92 Å². The molecule has 0 spiro atoms. The van der Waals surface area contributed by atoms with E-state index >= 15 is 0 Å². The zero-order valence-electron chi connectivity index (χ0n) is 62.5. The highest BCUT2D eigenvalue weighted by Crippen LogP contribution is 2.26. The van der Waals surface area contributed by atoms with Crippen molar-refractivity contribution in [2.75, 3.05) is 218 Å². The van der Waals surface area contributed by atoms with E-state index in [4.69, 9.17) is 33.2 Å². The molecule has 107 heavy (non-hydrogen) atoms. The van der Waals surface area contributed by atoms with Gasteiger partial charge < -0.3 is 101 Å². The number of benzene rings is 4. The Kier molecular flexibility index (Phi) is 39.2.